The lowest BCUT2D eigenvalue weighted by Gasteiger charge is -2.12. The molecule has 0 saturated carbocycles. The molecule has 1 aromatic rings. The first-order valence-electron chi connectivity index (χ1n) is 3.87. The summed E-state index contributed by atoms with van der Waals surface area (Å²) in [7, 11) is 1.36. The Labute approximate surface area is 84.0 Å². The number of alkyl halides is 3. The first-order chi connectivity index (χ1) is 6.96. The molecule has 0 saturated heterocycles. The Hall–Kier alpha value is -1.43. The van der Waals surface area contributed by atoms with Crippen molar-refractivity contribution in [3.05, 3.63) is 30.4 Å². The van der Waals surface area contributed by atoms with E-state index in [1.807, 2.05) is 0 Å². The van der Waals surface area contributed by atoms with Crippen molar-refractivity contribution in [1.82, 2.24) is 0 Å². The van der Waals surface area contributed by atoms with E-state index in [-0.39, 0.29) is 5.56 Å². The molecule has 0 aliphatic rings. The summed E-state index contributed by atoms with van der Waals surface area (Å²) < 4.78 is 44.1. The molecule has 0 aromatic heterocycles. The fourth-order valence-corrected chi connectivity index (χ4v) is 0.972. The molecule has 15 heavy (non-hydrogen) atoms. The van der Waals surface area contributed by atoms with Gasteiger partial charge in [-0.05, 0) is 18.2 Å². The average Bonchev–Trinajstić information content (AvgIpc) is 2.16. The van der Waals surface area contributed by atoms with E-state index in [2.05, 4.69) is 4.74 Å². The second kappa shape index (κ2) is 4.39. The summed E-state index contributed by atoms with van der Waals surface area (Å²) >= 11 is 0. The predicted octanol–water partition coefficient (Wildman–Crippen LogP) is 2.48. The quantitative estimate of drug-likeness (QED) is 0.852. The Kier molecular flexibility index (Phi) is 3.41. The molecule has 83 valence electrons. The normalized spacial score (nSPS) is 11.3. The molecule has 1 aromatic carbocycles. The lowest BCUT2D eigenvalue weighted by atomic mass is 10.2. The molecule has 3 nitrogen and oxygen atoms in total. The highest BCUT2D eigenvalue weighted by atomic mass is 19.4. The van der Waals surface area contributed by atoms with Gasteiger partial charge in [-0.25, -0.2) is 0 Å². The zero-order valence-electron chi connectivity index (χ0n) is 7.71. The number of hydrogen-bond donors (Lipinski definition) is 1. The van der Waals surface area contributed by atoms with Gasteiger partial charge < -0.3 is 14.6 Å². The molecule has 0 unspecified atom stereocenters. The number of aliphatic hydroxyl groups is 1. The standard InChI is InChI=1S/C9H8F3O3/c1-14-7-2-3-8(6(4-7)5-13)15-9(10,11)12/h2-5,13H,1H3. The molecule has 0 bridgehead atoms. The van der Waals surface area contributed by atoms with Gasteiger partial charge >= 0.3 is 6.36 Å². The van der Waals surface area contributed by atoms with E-state index >= 15 is 0 Å². The summed E-state index contributed by atoms with van der Waals surface area (Å²) in [5, 5.41) is 8.71. The largest absolute Gasteiger partial charge is 0.573 e. The summed E-state index contributed by atoms with van der Waals surface area (Å²) in [5.74, 6) is -0.157. The van der Waals surface area contributed by atoms with E-state index < -0.39 is 12.1 Å². The van der Waals surface area contributed by atoms with Gasteiger partial charge in [0.2, 0.25) is 0 Å². The lowest BCUT2D eigenvalue weighted by molar-refractivity contribution is -0.274. The van der Waals surface area contributed by atoms with Gasteiger partial charge in [0.1, 0.15) is 18.1 Å². The van der Waals surface area contributed by atoms with Gasteiger partial charge in [0.05, 0.1) is 7.11 Å². The number of methoxy groups -OCH3 is 1. The van der Waals surface area contributed by atoms with Crippen LogP contribution >= 0.6 is 0 Å². The number of benzene rings is 1. The Morgan fingerprint density at radius 2 is 2.00 bits per heavy atom. The van der Waals surface area contributed by atoms with Crippen molar-refractivity contribution < 1.29 is 27.8 Å². The van der Waals surface area contributed by atoms with Crippen LogP contribution in [0.4, 0.5) is 13.2 Å². The predicted molar refractivity (Wildman–Crippen MR) is 45.0 cm³/mol. The van der Waals surface area contributed by atoms with Crippen molar-refractivity contribution in [3.63, 3.8) is 0 Å². The summed E-state index contributed by atoms with van der Waals surface area (Å²) in [5.41, 5.74) is -0.105. The monoisotopic (exact) mass is 221 g/mol. The van der Waals surface area contributed by atoms with Gasteiger partial charge in [0.15, 0.2) is 0 Å². The van der Waals surface area contributed by atoms with E-state index in [1.165, 1.54) is 19.2 Å². The van der Waals surface area contributed by atoms with E-state index in [1.54, 1.807) is 0 Å². The van der Waals surface area contributed by atoms with Crippen LogP contribution in [-0.4, -0.2) is 18.6 Å². The smallest absolute Gasteiger partial charge is 0.497 e. The third-order valence-electron chi connectivity index (χ3n) is 1.58. The molecule has 6 heteroatoms. The van der Waals surface area contributed by atoms with E-state index in [0.29, 0.717) is 12.4 Å². The fraction of sp³-hybridized carbons (Fsp3) is 0.222. The fourth-order valence-electron chi connectivity index (χ4n) is 0.972. The third kappa shape index (κ3) is 3.32. The molecule has 1 rings (SSSR count). The molecule has 0 aliphatic heterocycles. The van der Waals surface area contributed by atoms with Crippen LogP contribution in [0.2, 0.25) is 0 Å². The molecule has 1 N–H and O–H groups in total. The highest BCUT2D eigenvalue weighted by Gasteiger charge is 2.32. The Bertz CT molecular complexity index is 336. The molecule has 0 spiro atoms. The minimum Gasteiger partial charge on any atom is -0.497 e. The van der Waals surface area contributed by atoms with Crippen LogP contribution < -0.4 is 9.47 Å². The highest BCUT2D eigenvalue weighted by Crippen LogP contribution is 2.29. The molecule has 0 fully saturated rings. The van der Waals surface area contributed by atoms with Gasteiger partial charge in [-0.15, -0.1) is 13.2 Å². The van der Waals surface area contributed by atoms with Crippen LogP contribution in [-0.2, 0) is 0 Å². The SMILES string of the molecule is COc1ccc(OC(F)(F)F)c([CH]O)c1. The van der Waals surface area contributed by atoms with Crippen molar-refractivity contribution in [2.45, 2.75) is 6.36 Å². The van der Waals surface area contributed by atoms with Crippen LogP contribution in [0, 0.1) is 6.61 Å². The van der Waals surface area contributed by atoms with Gasteiger partial charge in [-0.3, -0.25) is 0 Å². The zero-order chi connectivity index (χ0) is 11.5. The number of hydrogen-bond acceptors (Lipinski definition) is 3. The number of aliphatic hydroxyl groups excluding tert-OH is 1. The zero-order valence-corrected chi connectivity index (χ0v) is 7.71. The van der Waals surface area contributed by atoms with Crippen LogP contribution in [0.5, 0.6) is 11.5 Å². The van der Waals surface area contributed by atoms with Gasteiger partial charge in [0.25, 0.3) is 0 Å². The Morgan fingerprint density at radius 1 is 1.33 bits per heavy atom. The van der Waals surface area contributed by atoms with Gasteiger partial charge in [0, 0.05) is 5.56 Å². The molecule has 0 heterocycles. The average molecular weight is 221 g/mol. The first kappa shape index (κ1) is 11.6. The second-order valence-corrected chi connectivity index (χ2v) is 2.58. The molecular weight excluding hydrogens is 213 g/mol. The number of ether oxygens (including phenoxy) is 2. The highest BCUT2D eigenvalue weighted by molar-refractivity contribution is 5.43. The van der Waals surface area contributed by atoms with Crippen LogP contribution in [0.3, 0.4) is 0 Å². The van der Waals surface area contributed by atoms with Crippen molar-refractivity contribution in [2.75, 3.05) is 7.11 Å². The maximum atomic E-state index is 11.9. The molecular formula is C9H8F3O3. The summed E-state index contributed by atoms with van der Waals surface area (Å²) in [6.07, 6.45) is -4.79. The number of halogens is 3. The maximum absolute atomic E-state index is 11.9. The summed E-state index contributed by atoms with van der Waals surface area (Å²) in [6.45, 7) is 0.517. The van der Waals surface area contributed by atoms with E-state index in [4.69, 9.17) is 9.84 Å². The first-order valence-corrected chi connectivity index (χ1v) is 3.87. The molecule has 0 atom stereocenters. The van der Waals surface area contributed by atoms with Crippen molar-refractivity contribution in [2.24, 2.45) is 0 Å². The van der Waals surface area contributed by atoms with Crippen LogP contribution in [0.15, 0.2) is 18.2 Å². The van der Waals surface area contributed by atoms with E-state index in [9.17, 15) is 13.2 Å². The molecule has 0 aliphatic carbocycles. The van der Waals surface area contributed by atoms with Crippen LogP contribution in [0.25, 0.3) is 0 Å². The molecule has 0 amide bonds. The summed E-state index contributed by atoms with van der Waals surface area (Å²) in [6, 6.07) is 3.59. The van der Waals surface area contributed by atoms with E-state index in [0.717, 1.165) is 6.07 Å². The van der Waals surface area contributed by atoms with Crippen molar-refractivity contribution in [3.8, 4) is 11.5 Å². The van der Waals surface area contributed by atoms with Gasteiger partial charge in [-0.1, -0.05) is 0 Å². The Morgan fingerprint density at radius 3 is 2.47 bits per heavy atom. The third-order valence-corrected chi connectivity index (χ3v) is 1.58. The topological polar surface area (TPSA) is 38.7 Å². The van der Waals surface area contributed by atoms with Crippen LogP contribution in [0.1, 0.15) is 5.56 Å². The summed E-state index contributed by atoms with van der Waals surface area (Å²) in [4.78, 5) is 0. The van der Waals surface area contributed by atoms with Gasteiger partial charge in [-0.2, -0.15) is 0 Å². The maximum Gasteiger partial charge on any atom is 0.573 e. The number of rotatable bonds is 3. The van der Waals surface area contributed by atoms with Crippen molar-refractivity contribution >= 4 is 0 Å². The Balaban J connectivity index is 2.97. The molecule has 1 radical (unpaired) electrons. The second-order valence-electron chi connectivity index (χ2n) is 2.58. The minimum absolute atomic E-state index is 0.105. The van der Waals surface area contributed by atoms with Crippen molar-refractivity contribution in [1.29, 1.82) is 0 Å². The minimum atomic E-state index is -4.79. The lowest BCUT2D eigenvalue weighted by Crippen LogP contribution is -2.18.